The Bertz CT molecular complexity index is 779. The molecule has 0 aromatic heterocycles. The molecule has 0 bridgehead atoms. The van der Waals surface area contributed by atoms with Crippen LogP contribution in [0.2, 0.25) is 0 Å². The Morgan fingerprint density at radius 2 is 1.93 bits per heavy atom. The van der Waals surface area contributed by atoms with Gasteiger partial charge in [0, 0.05) is 19.6 Å². The molecule has 2 aromatic rings. The van der Waals surface area contributed by atoms with Crippen molar-refractivity contribution < 1.29 is 19.7 Å². The van der Waals surface area contributed by atoms with Gasteiger partial charge < -0.3 is 14.9 Å². The lowest BCUT2D eigenvalue weighted by molar-refractivity contribution is -0.164. The molecule has 2 N–H and O–H groups in total. The number of hydrogen-bond acceptors (Lipinski definition) is 4. The molecule has 3 rings (SSSR count). The number of likely N-dealkylation sites (tertiary alicyclic amines) is 1. The molecule has 2 aromatic carbocycles. The molecule has 0 saturated carbocycles. The quantitative estimate of drug-likeness (QED) is 0.727. The van der Waals surface area contributed by atoms with Crippen LogP contribution in [0.25, 0.3) is 0 Å². The highest BCUT2D eigenvalue weighted by atomic mass is 16.5. The van der Waals surface area contributed by atoms with E-state index in [2.05, 4.69) is 4.90 Å². The second kappa shape index (κ2) is 9.22. The zero-order chi connectivity index (χ0) is 20.0. The SMILES string of the molecule is CCC[C@]1(C(=O)O)CN(Cc2cccc(OCc3ccccc3)c2)CC[C@@H]1O. The van der Waals surface area contributed by atoms with Crippen molar-refractivity contribution in [2.45, 2.75) is 45.4 Å². The fraction of sp³-hybridized carbons (Fsp3) is 0.435. The van der Waals surface area contributed by atoms with E-state index in [1.165, 1.54) is 0 Å². The third-order valence-electron chi connectivity index (χ3n) is 5.54. The van der Waals surface area contributed by atoms with E-state index in [0.29, 0.717) is 39.1 Å². The number of aliphatic hydroxyl groups is 1. The number of nitrogens with zero attached hydrogens (tertiary/aromatic N) is 1. The van der Waals surface area contributed by atoms with Crippen LogP contribution in [0.4, 0.5) is 0 Å². The Balaban J connectivity index is 1.65. The molecular formula is C23H29NO4. The molecule has 1 aliphatic rings. The smallest absolute Gasteiger partial charge is 0.313 e. The number of benzene rings is 2. The highest BCUT2D eigenvalue weighted by molar-refractivity contribution is 5.76. The maximum atomic E-state index is 11.9. The number of hydrogen-bond donors (Lipinski definition) is 2. The molecule has 1 fully saturated rings. The number of carbonyl (C=O) groups is 1. The minimum Gasteiger partial charge on any atom is -0.489 e. The Labute approximate surface area is 166 Å². The zero-order valence-electron chi connectivity index (χ0n) is 16.4. The van der Waals surface area contributed by atoms with Crippen LogP contribution in [-0.2, 0) is 17.9 Å². The number of aliphatic hydroxyl groups excluding tert-OH is 1. The van der Waals surface area contributed by atoms with Crippen LogP contribution in [0.15, 0.2) is 54.6 Å². The first-order chi connectivity index (χ1) is 13.5. The van der Waals surface area contributed by atoms with Gasteiger partial charge in [-0.15, -0.1) is 0 Å². The Hall–Kier alpha value is -2.37. The van der Waals surface area contributed by atoms with E-state index in [4.69, 9.17) is 4.74 Å². The Morgan fingerprint density at radius 1 is 1.18 bits per heavy atom. The van der Waals surface area contributed by atoms with Crippen molar-refractivity contribution in [3.63, 3.8) is 0 Å². The summed E-state index contributed by atoms with van der Waals surface area (Å²) < 4.78 is 5.90. The van der Waals surface area contributed by atoms with Crippen molar-refractivity contribution in [1.82, 2.24) is 4.90 Å². The predicted octanol–water partition coefficient (Wildman–Crippen LogP) is 3.70. The van der Waals surface area contributed by atoms with Gasteiger partial charge >= 0.3 is 5.97 Å². The van der Waals surface area contributed by atoms with Gasteiger partial charge in [0.1, 0.15) is 17.8 Å². The fourth-order valence-electron chi connectivity index (χ4n) is 4.04. The number of piperidine rings is 1. The third-order valence-corrected chi connectivity index (χ3v) is 5.54. The normalized spacial score (nSPS) is 22.7. The maximum absolute atomic E-state index is 11.9. The number of carboxylic acid groups (broad SMARTS) is 1. The van der Waals surface area contributed by atoms with Crippen LogP contribution in [0.3, 0.4) is 0 Å². The van der Waals surface area contributed by atoms with Gasteiger partial charge in [-0.2, -0.15) is 0 Å². The lowest BCUT2D eigenvalue weighted by atomic mass is 9.74. The van der Waals surface area contributed by atoms with Gasteiger partial charge in [0.25, 0.3) is 0 Å². The van der Waals surface area contributed by atoms with Crippen LogP contribution in [0, 0.1) is 5.41 Å². The van der Waals surface area contributed by atoms with Gasteiger partial charge in [-0.05, 0) is 36.1 Å². The Morgan fingerprint density at radius 3 is 2.64 bits per heavy atom. The molecule has 1 aliphatic heterocycles. The monoisotopic (exact) mass is 383 g/mol. The molecule has 2 atom stereocenters. The fourth-order valence-corrected chi connectivity index (χ4v) is 4.04. The van der Waals surface area contributed by atoms with Crippen molar-refractivity contribution in [3.8, 4) is 5.75 Å². The van der Waals surface area contributed by atoms with Gasteiger partial charge in [0.2, 0.25) is 0 Å². The molecule has 5 nitrogen and oxygen atoms in total. The van der Waals surface area contributed by atoms with Crippen LogP contribution in [0.1, 0.15) is 37.3 Å². The Kier molecular flexibility index (Phi) is 6.70. The average Bonchev–Trinajstić information content (AvgIpc) is 2.70. The minimum absolute atomic E-state index is 0.368. The van der Waals surface area contributed by atoms with E-state index >= 15 is 0 Å². The highest BCUT2D eigenvalue weighted by Gasteiger charge is 2.48. The van der Waals surface area contributed by atoms with Gasteiger partial charge in [-0.1, -0.05) is 55.8 Å². The first kappa shape index (κ1) is 20.4. The molecule has 28 heavy (non-hydrogen) atoms. The molecule has 1 heterocycles. The number of aliphatic carboxylic acids is 1. The first-order valence-electron chi connectivity index (χ1n) is 9.93. The summed E-state index contributed by atoms with van der Waals surface area (Å²) in [4.78, 5) is 14.1. The second-order valence-electron chi connectivity index (χ2n) is 7.65. The molecule has 150 valence electrons. The maximum Gasteiger partial charge on any atom is 0.313 e. The topological polar surface area (TPSA) is 70.0 Å². The van der Waals surface area contributed by atoms with Crippen LogP contribution < -0.4 is 4.74 Å². The van der Waals surface area contributed by atoms with Crippen molar-refractivity contribution in [2.75, 3.05) is 13.1 Å². The zero-order valence-corrected chi connectivity index (χ0v) is 16.4. The molecular weight excluding hydrogens is 354 g/mol. The summed E-state index contributed by atoms with van der Waals surface area (Å²) in [6, 6.07) is 18.0. The second-order valence-corrected chi connectivity index (χ2v) is 7.65. The largest absolute Gasteiger partial charge is 0.489 e. The van der Waals surface area contributed by atoms with Gasteiger partial charge in [0.15, 0.2) is 0 Å². The van der Waals surface area contributed by atoms with E-state index in [1.807, 2.05) is 61.5 Å². The van der Waals surface area contributed by atoms with Crippen LogP contribution in [-0.4, -0.2) is 40.3 Å². The van der Waals surface area contributed by atoms with Crippen molar-refractivity contribution in [2.24, 2.45) is 5.41 Å². The van der Waals surface area contributed by atoms with E-state index in [-0.39, 0.29) is 0 Å². The first-order valence-corrected chi connectivity index (χ1v) is 9.93. The number of ether oxygens (including phenoxy) is 1. The third kappa shape index (κ3) is 4.72. The highest BCUT2D eigenvalue weighted by Crippen LogP contribution is 2.36. The molecule has 0 aliphatic carbocycles. The lowest BCUT2D eigenvalue weighted by Crippen LogP contribution is -2.55. The summed E-state index contributed by atoms with van der Waals surface area (Å²) in [6.07, 6.45) is 0.915. The molecule has 0 spiro atoms. The summed E-state index contributed by atoms with van der Waals surface area (Å²) in [6.45, 7) is 4.18. The van der Waals surface area contributed by atoms with Crippen molar-refractivity contribution in [1.29, 1.82) is 0 Å². The van der Waals surface area contributed by atoms with Crippen molar-refractivity contribution >= 4 is 5.97 Å². The van der Waals surface area contributed by atoms with Gasteiger partial charge in [-0.25, -0.2) is 0 Å². The van der Waals surface area contributed by atoms with Gasteiger partial charge in [-0.3, -0.25) is 9.69 Å². The van der Waals surface area contributed by atoms with E-state index < -0.39 is 17.5 Å². The summed E-state index contributed by atoms with van der Waals surface area (Å²) in [5, 5.41) is 20.2. The van der Waals surface area contributed by atoms with Gasteiger partial charge in [0.05, 0.1) is 6.10 Å². The van der Waals surface area contributed by atoms with Crippen molar-refractivity contribution in [3.05, 3.63) is 65.7 Å². The summed E-state index contributed by atoms with van der Waals surface area (Å²) >= 11 is 0. The van der Waals surface area contributed by atoms with E-state index in [1.54, 1.807) is 0 Å². The molecule has 5 heteroatoms. The average molecular weight is 383 g/mol. The molecule has 0 amide bonds. The number of carboxylic acids is 1. The number of rotatable bonds is 8. The van der Waals surface area contributed by atoms with Crippen LogP contribution >= 0.6 is 0 Å². The molecule has 0 radical (unpaired) electrons. The molecule has 0 unspecified atom stereocenters. The predicted molar refractivity (Wildman–Crippen MR) is 108 cm³/mol. The molecule has 1 saturated heterocycles. The minimum atomic E-state index is -1.07. The lowest BCUT2D eigenvalue weighted by Gasteiger charge is -2.43. The van der Waals surface area contributed by atoms with E-state index in [0.717, 1.165) is 23.3 Å². The van der Waals surface area contributed by atoms with Crippen LogP contribution in [0.5, 0.6) is 5.75 Å². The summed E-state index contributed by atoms with van der Waals surface area (Å²) in [5.74, 6) is -0.0945. The summed E-state index contributed by atoms with van der Waals surface area (Å²) in [7, 11) is 0. The summed E-state index contributed by atoms with van der Waals surface area (Å²) in [5.41, 5.74) is 1.12. The standard InChI is InChI=1S/C23H29NO4/c1-2-12-23(22(26)27)17-24(13-11-21(23)25)15-19-9-6-10-20(14-19)28-16-18-7-4-3-5-8-18/h3-10,14,21,25H,2,11-13,15-17H2,1H3,(H,26,27)/t21-,23-/m0/s1. The van der Waals surface area contributed by atoms with E-state index in [9.17, 15) is 15.0 Å².